The van der Waals surface area contributed by atoms with Gasteiger partial charge in [0.2, 0.25) is 0 Å². The van der Waals surface area contributed by atoms with Crippen LogP contribution in [0.3, 0.4) is 0 Å². The van der Waals surface area contributed by atoms with Gasteiger partial charge in [0.05, 0.1) is 31.3 Å². The van der Waals surface area contributed by atoms with Gasteiger partial charge in [-0.05, 0) is 0 Å². The van der Waals surface area contributed by atoms with Crippen molar-refractivity contribution in [3.8, 4) is 22.8 Å². The Morgan fingerprint density at radius 3 is 2.83 bits per heavy atom. The first-order valence-corrected chi connectivity index (χ1v) is 8.23. The Bertz CT molecular complexity index is 802. The smallest absolute Gasteiger partial charge is 0.158 e. The lowest BCUT2D eigenvalue weighted by atomic mass is 10.1. The van der Waals surface area contributed by atoms with Crippen molar-refractivity contribution in [2.24, 2.45) is 7.05 Å². The van der Waals surface area contributed by atoms with Gasteiger partial charge >= 0.3 is 0 Å². The van der Waals surface area contributed by atoms with E-state index in [1.165, 1.54) is 0 Å². The van der Waals surface area contributed by atoms with Crippen molar-refractivity contribution >= 4 is 0 Å². The number of aromatic nitrogens is 4. The molecule has 0 amide bonds. The molecule has 0 spiro atoms. The van der Waals surface area contributed by atoms with Crippen LogP contribution >= 0.6 is 0 Å². The summed E-state index contributed by atoms with van der Waals surface area (Å²) in [5.74, 6) is 0.912. The molecule has 124 valence electrons. The molecule has 1 saturated heterocycles. The highest BCUT2D eigenvalue weighted by Gasteiger charge is 2.21. The van der Waals surface area contributed by atoms with Crippen molar-refractivity contribution in [3.63, 3.8) is 0 Å². The molecule has 6 nitrogen and oxygen atoms in total. The average Bonchev–Trinajstić information content (AvgIpc) is 3.22. The molecule has 24 heavy (non-hydrogen) atoms. The molecular weight excluding hydrogens is 302 g/mol. The molecule has 1 aliphatic rings. The molecule has 1 fully saturated rings. The van der Waals surface area contributed by atoms with Crippen LogP contribution < -0.4 is 5.32 Å². The van der Waals surface area contributed by atoms with E-state index in [0.29, 0.717) is 0 Å². The SMILES string of the molecule is Cn1ccnc1-c1c(-c2ccccc2)ncn1C[C@H]1CNCCO1. The Kier molecular flexibility index (Phi) is 4.15. The second-order valence-electron chi connectivity index (χ2n) is 6.02. The van der Waals surface area contributed by atoms with Gasteiger partial charge in [0.15, 0.2) is 5.82 Å². The topological polar surface area (TPSA) is 56.9 Å². The van der Waals surface area contributed by atoms with E-state index in [2.05, 4.69) is 32.0 Å². The fourth-order valence-corrected chi connectivity index (χ4v) is 3.11. The van der Waals surface area contributed by atoms with Crippen LogP contribution in [0.2, 0.25) is 0 Å². The van der Waals surface area contributed by atoms with Crippen molar-refractivity contribution < 1.29 is 4.74 Å². The molecule has 1 aliphatic heterocycles. The van der Waals surface area contributed by atoms with Crippen molar-refractivity contribution in [1.82, 2.24) is 24.4 Å². The van der Waals surface area contributed by atoms with Crippen LogP contribution in [0.25, 0.3) is 22.8 Å². The monoisotopic (exact) mass is 323 g/mol. The summed E-state index contributed by atoms with van der Waals surface area (Å²) in [4.78, 5) is 9.23. The molecule has 3 heterocycles. The van der Waals surface area contributed by atoms with E-state index in [9.17, 15) is 0 Å². The lowest BCUT2D eigenvalue weighted by Crippen LogP contribution is -2.40. The molecule has 1 atom stereocenters. The van der Waals surface area contributed by atoms with Crippen LogP contribution in [0.1, 0.15) is 0 Å². The van der Waals surface area contributed by atoms with Gasteiger partial charge in [0.1, 0.15) is 5.69 Å². The van der Waals surface area contributed by atoms with Gasteiger partial charge in [0.25, 0.3) is 0 Å². The van der Waals surface area contributed by atoms with Gasteiger partial charge in [-0.25, -0.2) is 9.97 Å². The van der Waals surface area contributed by atoms with Crippen LogP contribution in [0.4, 0.5) is 0 Å². The fraction of sp³-hybridized carbons (Fsp3) is 0.333. The number of rotatable bonds is 4. The minimum atomic E-state index is 0.149. The van der Waals surface area contributed by atoms with Crippen LogP contribution in [-0.2, 0) is 18.3 Å². The quantitative estimate of drug-likeness (QED) is 0.797. The van der Waals surface area contributed by atoms with Gasteiger partial charge in [0, 0.05) is 38.1 Å². The summed E-state index contributed by atoms with van der Waals surface area (Å²) in [6.07, 6.45) is 5.82. The van der Waals surface area contributed by atoms with E-state index < -0.39 is 0 Å². The Hall–Kier alpha value is -2.44. The predicted octanol–water partition coefficient (Wildman–Crippen LogP) is 1.94. The van der Waals surface area contributed by atoms with E-state index in [-0.39, 0.29) is 6.10 Å². The van der Waals surface area contributed by atoms with E-state index in [0.717, 1.165) is 49.0 Å². The molecular formula is C18H21N5O. The lowest BCUT2D eigenvalue weighted by molar-refractivity contribution is 0.0184. The van der Waals surface area contributed by atoms with Crippen LogP contribution in [0, 0.1) is 0 Å². The van der Waals surface area contributed by atoms with Crippen molar-refractivity contribution in [2.45, 2.75) is 12.6 Å². The fourth-order valence-electron chi connectivity index (χ4n) is 3.11. The molecule has 3 aromatic rings. The number of ether oxygens (including phenoxy) is 1. The van der Waals surface area contributed by atoms with Gasteiger partial charge in [-0.1, -0.05) is 30.3 Å². The number of morpholine rings is 1. The molecule has 0 aliphatic carbocycles. The lowest BCUT2D eigenvalue weighted by Gasteiger charge is -2.24. The molecule has 0 unspecified atom stereocenters. The molecule has 1 N–H and O–H groups in total. The Morgan fingerprint density at radius 2 is 2.12 bits per heavy atom. The summed E-state index contributed by atoms with van der Waals surface area (Å²) in [5.41, 5.74) is 3.08. The van der Waals surface area contributed by atoms with Crippen molar-refractivity contribution in [1.29, 1.82) is 0 Å². The summed E-state index contributed by atoms with van der Waals surface area (Å²) in [6, 6.07) is 10.2. The number of imidazole rings is 2. The van der Waals surface area contributed by atoms with E-state index >= 15 is 0 Å². The average molecular weight is 323 g/mol. The van der Waals surface area contributed by atoms with Crippen molar-refractivity contribution in [2.75, 3.05) is 19.7 Å². The first-order valence-electron chi connectivity index (χ1n) is 8.23. The Morgan fingerprint density at radius 1 is 1.25 bits per heavy atom. The maximum absolute atomic E-state index is 5.86. The summed E-state index contributed by atoms with van der Waals surface area (Å²) in [5, 5.41) is 3.38. The molecule has 2 aromatic heterocycles. The zero-order valence-corrected chi connectivity index (χ0v) is 13.7. The molecule has 0 bridgehead atoms. The minimum Gasteiger partial charge on any atom is -0.374 e. The highest BCUT2D eigenvalue weighted by atomic mass is 16.5. The van der Waals surface area contributed by atoms with Crippen LogP contribution in [0.15, 0.2) is 49.1 Å². The number of nitrogens with one attached hydrogen (secondary N) is 1. The van der Waals surface area contributed by atoms with E-state index in [1.54, 1.807) is 0 Å². The first kappa shape index (κ1) is 15.1. The summed E-state index contributed by atoms with van der Waals surface area (Å²) in [6.45, 7) is 3.29. The summed E-state index contributed by atoms with van der Waals surface area (Å²) in [7, 11) is 2.01. The van der Waals surface area contributed by atoms with E-state index in [4.69, 9.17) is 4.74 Å². The summed E-state index contributed by atoms with van der Waals surface area (Å²) >= 11 is 0. The standard InChI is InChI=1S/C18H21N5O/c1-22-9-7-20-18(22)17-16(14-5-3-2-4-6-14)21-13-23(17)12-15-11-19-8-10-24-15/h2-7,9,13,15,19H,8,10-12H2,1H3/t15-/m1/s1. The van der Waals surface area contributed by atoms with Gasteiger partial charge in [-0.15, -0.1) is 0 Å². The third-order valence-corrected chi connectivity index (χ3v) is 4.32. The second kappa shape index (κ2) is 6.59. The van der Waals surface area contributed by atoms with Crippen LogP contribution in [-0.4, -0.2) is 44.9 Å². The zero-order valence-electron chi connectivity index (χ0n) is 13.7. The number of benzene rings is 1. The highest BCUT2D eigenvalue weighted by molar-refractivity contribution is 5.75. The second-order valence-corrected chi connectivity index (χ2v) is 6.02. The third kappa shape index (κ3) is 2.86. The number of hydrogen-bond acceptors (Lipinski definition) is 4. The van der Waals surface area contributed by atoms with Crippen molar-refractivity contribution in [3.05, 3.63) is 49.1 Å². The van der Waals surface area contributed by atoms with Gasteiger partial charge < -0.3 is 19.2 Å². The normalized spacial score (nSPS) is 18.0. The largest absolute Gasteiger partial charge is 0.374 e. The molecule has 0 saturated carbocycles. The maximum atomic E-state index is 5.86. The summed E-state index contributed by atoms with van der Waals surface area (Å²) < 4.78 is 10.0. The zero-order chi connectivity index (χ0) is 16.4. The molecule has 0 radical (unpaired) electrons. The van der Waals surface area contributed by atoms with Gasteiger partial charge in [-0.2, -0.15) is 0 Å². The Labute approximate surface area is 141 Å². The number of aryl methyl sites for hydroxylation is 1. The number of nitrogens with zero attached hydrogens (tertiary/aromatic N) is 4. The van der Waals surface area contributed by atoms with Crippen LogP contribution in [0.5, 0.6) is 0 Å². The molecule has 4 rings (SSSR count). The molecule has 6 heteroatoms. The van der Waals surface area contributed by atoms with Gasteiger partial charge in [-0.3, -0.25) is 0 Å². The number of hydrogen-bond donors (Lipinski definition) is 1. The molecule has 1 aromatic carbocycles. The third-order valence-electron chi connectivity index (χ3n) is 4.32. The van der Waals surface area contributed by atoms with E-state index in [1.807, 2.05) is 48.5 Å². The highest BCUT2D eigenvalue weighted by Crippen LogP contribution is 2.30. The minimum absolute atomic E-state index is 0.149. The maximum Gasteiger partial charge on any atom is 0.158 e. The Balaban J connectivity index is 1.76. The first-order chi connectivity index (χ1) is 11.8. The predicted molar refractivity (Wildman–Crippen MR) is 92.5 cm³/mol.